The Morgan fingerprint density at radius 1 is 1.05 bits per heavy atom. The van der Waals surface area contributed by atoms with Crippen molar-refractivity contribution in [2.24, 2.45) is 22.7 Å². The summed E-state index contributed by atoms with van der Waals surface area (Å²) in [6, 6.07) is 0. The summed E-state index contributed by atoms with van der Waals surface area (Å²) in [6.45, 7) is 5.83. The maximum atomic E-state index is 13.2. The van der Waals surface area contributed by atoms with Crippen LogP contribution in [0.3, 0.4) is 0 Å². The van der Waals surface area contributed by atoms with Crippen molar-refractivity contribution in [3.8, 4) is 0 Å². The van der Waals surface area contributed by atoms with Gasteiger partial charge in [-0.25, -0.2) is 0 Å². The fourth-order valence-corrected chi connectivity index (χ4v) is 6.50. The van der Waals surface area contributed by atoms with Crippen LogP contribution in [0.15, 0.2) is 0 Å². The lowest BCUT2D eigenvalue weighted by molar-refractivity contribution is -0.169. The zero-order valence-corrected chi connectivity index (χ0v) is 13.5. The number of piperidine rings is 1. The lowest BCUT2D eigenvalue weighted by atomic mass is 9.44. The topological polar surface area (TPSA) is 40.5 Å². The van der Waals surface area contributed by atoms with E-state index >= 15 is 0 Å². The van der Waals surface area contributed by atoms with Crippen LogP contribution >= 0.6 is 0 Å². The van der Waals surface area contributed by atoms with E-state index in [4.69, 9.17) is 0 Å². The van der Waals surface area contributed by atoms with Gasteiger partial charge in [0.25, 0.3) is 0 Å². The molecule has 118 valence electrons. The minimum Gasteiger partial charge on any atom is -0.390 e. The minimum absolute atomic E-state index is 0.0397. The second-order valence-electron chi connectivity index (χ2n) is 9.34. The van der Waals surface area contributed by atoms with Gasteiger partial charge in [-0.15, -0.1) is 0 Å². The lowest BCUT2D eigenvalue weighted by Crippen LogP contribution is -2.59. The third-order valence-corrected chi connectivity index (χ3v) is 6.94. The van der Waals surface area contributed by atoms with Crippen LogP contribution in [0.25, 0.3) is 0 Å². The van der Waals surface area contributed by atoms with Crippen LogP contribution in [0.2, 0.25) is 0 Å². The van der Waals surface area contributed by atoms with Crippen molar-refractivity contribution in [3.05, 3.63) is 0 Å². The predicted molar refractivity (Wildman–Crippen MR) is 81.7 cm³/mol. The summed E-state index contributed by atoms with van der Waals surface area (Å²) >= 11 is 0. The second-order valence-corrected chi connectivity index (χ2v) is 9.34. The Hall–Kier alpha value is -0.570. The van der Waals surface area contributed by atoms with E-state index in [9.17, 15) is 9.90 Å². The van der Waals surface area contributed by atoms with E-state index in [0.717, 1.165) is 57.0 Å². The first kappa shape index (κ1) is 14.0. The summed E-state index contributed by atoms with van der Waals surface area (Å²) in [5.74, 6) is 2.03. The summed E-state index contributed by atoms with van der Waals surface area (Å²) in [4.78, 5) is 15.3. The molecular formula is C18H29NO2. The SMILES string of the molecule is CC1(O)CCN(C(=O)C23CC4CC(CC(C)(C4)C2)C3)CC1. The van der Waals surface area contributed by atoms with E-state index in [1.807, 2.05) is 6.92 Å². The first-order chi connectivity index (χ1) is 9.79. The van der Waals surface area contributed by atoms with Gasteiger partial charge >= 0.3 is 0 Å². The van der Waals surface area contributed by atoms with Crippen LogP contribution in [-0.2, 0) is 4.79 Å². The number of likely N-dealkylation sites (tertiary alicyclic amines) is 1. The molecule has 1 aliphatic heterocycles. The Kier molecular flexibility index (Phi) is 2.84. The molecule has 4 aliphatic carbocycles. The van der Waals surface area contributed by atoms with E-state index in [-0.39, 0.29) is 5.41 Å². The highest BCUT2D eigenvalue weighted by atomic mass is 16.3. The summed E-state index contributed by atoms with van der Waals surface area (Å²) in [5, 5.41) is 10.1. The van der Waals surface area contributed by atoms with Gasteiger partial charge in [-0.05, 0) is 75.5 Å². The molecule has 1 saturated heterocycles. The van der Waals surface area contributed by atoms with E-state index in [0.29, 0.717) is 11.3 Å². The zero-order chi connectivity index (χ0) is 14.9. The normalized spacial score (nSPS) is 47.7. The van der Waals surface area contributed by atoms with Crippen LogP contribution in [0.5, 0.6) is 0 Å². The zero-order valence-electron chi connectivity index (χ0n) is 13.5. The molecule has 1 amide bonds. The lowest BCUT2D eigenvalue weighted by Gasteiger charge is -2.61. The van der Waals surface area contributed by atoms with E-state index in [2.05, 4.69) is 11.8 Å². The molecular weight excluding hydrogens is 262 g/mol. The first-order valence-electron chi connectivity index (χ1n) is 8.81. The molecule has 0 aromatic heterocycles. The Balaban J connectivity index is 1.54. The smallest absolute Gasteiger partial charge is 0.228 e. The highest BCUT2D eigenvalue weighted by Crippen LogP contribution is 2.65. The maximum Gasteiger partial charge on any atom is 0.228 e. The Morgan fingerprint density at radius 3 is 2.14 bits per heavy atom. The number of nitrogens with zero attached hydrogens (tertiary/aromatic N) is 1. The Bertz CT molecular complexity index is 446. The number of amides is 1. The molecule has 21 heavy (non-hydrogen) atoms. The average Bonchev–Trinajstić information content (AvgIpc) is 2.35. The van der Waals surface area contributed by atoms with Gasteiger partial charge in [-0.1, -0.05) is 6.92 Å². The van der Waals surface area contributed by atoms with Gasteiger partial charge in [-0.3, -0.25) is 4.79 Å². The van der Waals surface area contributed by atoms with Crippen molar-refractivity contribution in [1.82, 2.24) is 4.90 Å². The minimum atomic E-state index is -0.565. The third-order valence-electron chi connectivity index (χ3n) is 6.94. The molecule has 2 unspecified atom stereocenters. The molecule has 1 N–H and O–H groups in total. The molecule has 5 rings (SSSR count). The van der Waals surface area contributed by atoms with Crippen LogP contribution in [0.1, 0.15) is 65.2 Å². The highest BCUT2D eigenvalue weighted by molar-refractivity contribution is 5.83. The quantitative estimate of drug-likeness (QED) is 0.807. The second kappa shape index (κ2) is 4.24. The molecule has 0 spiro atoms. The van der Waals surface area contributed by atoms with Crippen LogP contribution in [-0.4, -0.2) is 34.6 Å². The molecule has 4 bridgehead atoms. The molecule has 5 aliphatic rings. The average molecular weight is 291 g/mol. The van der Waals surface area contributed by atoms with Crippen LogP contribution in [0.4, 0.5) is 0 Å². The summed E-state index contributed by atoms with van der Waals surface area (Å²) in [5.41, 5.74) is -0.173. The molecule has 5 fully saturated rings. The molecule has 4 saturated carbocycles. The van der Waals surface area contributed by atoms with Crippen LogP contribution < -0.4 is 0 Å². The number of hydrogen-bond donors (Lipinski definition) is 1. The molecule has 3 nitrogen and oxygen atoms in total. The largest absolute Gasteiger partial charge is 0.390 e. The van der Waals surface area contributed by atoms with E-state index in [1.165, 1.54) is 19.3 Å². The van der Waals surface area contributed by atoms with Gasteiger partial charge in [0.15, 0.2) is 0 Å². The number of carbonyl (C=O) groups is 1. The number of hydrogen-bond acceptors (Lipinski definition) is 2. The molecule has 3 heteroatoms. The number of carbonyl (C=O) groups excluding carboxylic acids is 1. The van der Waals surface area contributed by atoms with Crippen molar-refractivity contribution >= 4 is 5.91 Å². The predicted octanol–water partition coefficient (Wildman–Crippen LogP) is 2.97. The summed E-state index contributed by atoms with van der Waals surface area (Å²) < 4.78 is 0. The Labute approximate surface area is 128 Å². The van der Waals surface area contributed by atoms with Crippen molar-refractivity contribution in [1.29, 1.82) is 0 Å². The van der Waals surface area contributed by atoms with Crippen molar-refractivity contribution < 1.29 is 9.90 Å². The summed E-state index contributed by atoms with van der Waals surface area (Å²) in [7, 11) is 0. The molecule has 0 aromatic carbocycles. The van der Waals surface area contributed by atoms with Crippen molar-refractivity contribution in [2.75, 3.05) is 13.1 Å². The highest BCUT2D eigenvalue weighted by Gasteiger charge is 2.59. The van der Waals surface area contributed by atoms with Crippen molar-refractivity contribution in [3.63, 3.8) is 0 Å². The number of aliphatic hydroxyl groups is 1. The summed E-state index contributed by atoms with van der Waals surface area (Å²) in [6.07, 6.45) is 8.96. The van der Waals surface area contributed by atoms with Gasteiger partial charge in [0.2, 0.25) is 5.91 Å². The molecule has 0 aromatic rings. The molecule has 1 heterocycles. The van der Waals surface area contributed by atoms with E-state index < -0.39 is 5.60 Å². The monoisotopic (exact) mass is 291 g/mol. The Morgan fingerprint density at radius 2 is 1.62 bits per heavy atom. The third kappa shape index (κ3) is 2.23. The van der Waals surface area contributed by atoms with Crippen molar-refractivity contribution in [2.45, 2.75) is 70.8 Å². The first-order valence-corrected chi connectivity index (χ1v) is 8.81. The van der Waals surface area contributed by atoms with Crippen LogP contribution in [0, 0.1) is 22.7 Å². The van der Waals surface area contributed by atoms with E-state index in [1.54, 1.807) is 0 Å². The maximum absolute atomic E-state index is 13.2. The number of rotatable bonds is 1. The molecule has 0 radical (unpaired) electrons. The fraction of sp³-hybridized carbons (Fsp3) is 0.944. The van der Waals surface area contributed by atoms with Gasteiger partial charge in [0, 0.05) is 13.1 Å². The van der Waals surface area contributed by atoms with Gasteiger partial charge in [0.1, 0.15) is 0 Å². The van der Waals surface area contributed by atoms with Gasteiger partial charge in [-0.2, -0.15) is 0 Å². The van der Waals surface area contributed by atoms with Gasteiger partial charge in [0.05, 0.1) is 11.0 Å². The fourth-order valence-electron chi connectivity index (χ4n) is 6.50. The molecule has 2 atom stereocenters. The standard InChI is InChI=1S/C18H29NO2/c1-16-8-13-7-14(9-16)11-18(10-13,12-16)15(20)19-5-3-17(2,21)4-6-19/h13-14,21H,3-12H2,1-2H3. The van der Waals surface area contributed by atoms with Gasteiger partial charge < -0.3 is 10.0 Å².